The summed E-state index contributed by atoms with van der Waals surface area (Å²) in [4.78, 5) is 12.4. The van der Waals surface area contributed by atoms with Gasteiger partial charge in [-0.25, -0.2) is 0 Å². The van der Waals surface area contributed by atoms with Crippen molar-refractivity contribution in [2.75, 3.05) is 20.8 Å². The summed E-state index contributed by atoms with van der Waals surface area (Å²) < 4.78 is 10.5. The van der Waals surface area contributed by atoms with Gasteiger partial charge in [-0.15, -0.1) is 0 Å². The molecule has 1 atom stereocenters. The molecule has 1 unspecified atom stereocenters. The van der Waals surface area contributed by atoms with E-state index < -0.39 is 5.54 Å². The fourth-order valence-corrected chi connectivity index (χ4v) is 2.63. The summed E-state index contributed by atoms with van der Waals surface area (Å²) in [6.45, 7) is 2.29. The second-order valence-electron chi connectivity index (χ2n) is 6.12. The lowest BCUT2D eigenvalue weighted by Gasteiger charge is -2.24. The fourth-order valence-electron chi connectivity index (χ4n) is 2.63. The summed E-state index contributed by atoms with van der Waals surface area (Å²) in [6.07, 6.45) is 1.64. The first-order chi connectivity index (χ1) is 12.0. The number of hydrogen-bond donors (Lipinski definition) is 2. The van der Waals surface area contributed by atoms with E-state index in [2.05, 4.69) is 5.32 Å². The molecule has 25 heavy (non-hydrogen) atoms. The van der Waals surface area contributed by atoms with E-state index in [-0.39, 0.29) is 5.91 Å². The Bertz CT molecular complexity index is 699. The molecule has 5 heteroatoms. The van der Waals surface area contributed by atoms with Crippen LogP contribution in [0.2, 0.25) is 0 Å². The molecule has 0 radical (unpaired) electrons. The number of carbonyl (C=O) groups excluding carboxylic acids is 1. The Kier molecular flexibility index (Phi) is 6.42. The third kappa shape index (κ3) is 4.73. The Morgan fingerprint density at radius 1 is 1.08 bits per heavy atom. The van der Waals surface area contributed by atoms with Crippen LogP contribution >= 0.6 is 0 Å². The number of aryl methyl sites for hydroxylation is 1. The van der Waals surface area contributed by atoms with Crippen LogP contribution < -0.4 is 20.5 Å². The quantitative estimate of drug-likeness (QED) is 0.723. The molecule has 0 bridgehead atoms. The van der Waals surface area contributed by atoms with Gasteiger partial charge in [0.2, 0.25) is 5.91 Å². The minimum Gasteiger partial charge on any atom is -0.493 e. The molecule has 1 amide bonds. The van der Waals surface area contributed by atoms with E-state index in [0.717, 1.165) is 24.0 Å². The zero-order chi connectivity index (χ0) is 18.3. The Balaban J connectivity index is 1.86. The van der Waals surface area contributed by atoms with E-state index in [9.17, 15) is 4.79 Å². The van der Waals surface area contributed by atoms with Crippen LogP contribution in [0, 0.1) is 0 Å². The minimum absolute atomic E-state index is 0.175. The molecule has 0 saturated heterocycles. The van der Waals surface area contributed by atoms with Crippen molar-refractivity contribution >= 4 is 5.91 Å². The molecule has 0 aliphatic carbocycles. The summed E-state index contributed by atoms with van der Waals surface area (Å²) in [6, 6.07) is 15.2. The maximum Gasteiger partial charge on any atom is 0.244 e. The number of rotatable bonds is 8. The van der Waals surface area contributed by atoms with Crippen LogP contribution in [0.1, 0.15) is 24.5 Å². The summed E-state index contributed by atoms with van der Waals surface area (Å²) in [5.41, 5.74) is 7.09. The second kappa shape index (κ2) is 8.53. The first-order valence-electron chi connectivity index (χ1n) is 8.32. The van der Waals surface area contributed by atoms with Crippen molar-refractivity contribution in [2.45, 2.75) is 25.3 Å². The number of carbonyl (C=O) groups is 1. The smallest absolute Gasteiger partial charge is 0.244 e. The van der Waals surface area contributed by atoms with Gasteiger partial charge in [0, 0.05) is 6.54 Å². The number of hydrogen-bond acceptors (Lipinski definition) is 4. The molecule has 0 aliphatic rings. The number of methoxy groups -OCH3 is 2. The van der Waals surface area contributed by atoms with E-state index in [4.69, 9.17) is 15.2 Å². The minimum atomic E-state index is -1.04. The van der Waals surface area contributed by atoms with Crippen molar-refractivity contribution in [1.82, 2.24) is 5.32 Å². The van der Waals surface area contributed by atoms with Crippen molar-refractivity contribution in [1.29, 1.82) is 0 Å². The first kappa shape index (κ1) is 18.8. The number of nitrogens with one attached hydrogen (secondary N) is 1. The molecule has 0 aliphatic heterocycles. The average Bonchev–Trinajstić information content (AvgIpc) is 2.65. The molecule has 0 fully saturated rings. The highest BCUT2D eigenvalue weighted by atomic mass is 16.5. The molecule has 2 rings (SSSR count). The number of ether oxygens (including phenoxy) is 2. The number of amides is 1. The largest absolute Gasteiger partial charge is 0.493 e. The third-order valence-electron chi connectivity index (χ3n) is 4.22. The Morgan fingerprint density at radius 3 is 2.40 bits per heavy atom. The van der Waals surface area contributed by atoms with Crippen LogP contribution in [0.3, 0.4) is 0 Å². The monoisotopic (exact) mass is 342 g/mol. The Hall–Kier alpha value is -2.53. The number of nitrogens with two attached hydrogens (primary N) is 1. The predicted octanol–water partition coefficient (Wildman–Crippen LogP) is 2.63. The van der Waals surface area contributed by atoms with Crippen molar-refractivity contribution in [2.24, 2.45) is 5.73 Å². The van der Waals surface area contributed by atoms with Crippen LogP contribution in [-0.4, -0.2) is 26.7 Å². The third-order valence-corrected chi connectivity index (χ3v) is 4.22. The normalized spacial score (nSPS) is 13.0. The maximum absolute atomic E-state index is 12.4. The highest BCUT2D eigenvalue weighted by Gasteiger charge is 2.29. The highest BCUT2D eigenvalue weighted by molar-refractivity contribution is 5.86. The van der Waals surface area contributed by atoms with Crippen LogP contribution in [0.4, 0.5) is 0 Å². The highest BCUT2D eigenvalue weighted by Crippen LogP contribution is 2.27. The molecular weight excluding hydrogens is 316 g/mol. The lowest BCUT2D eigenvalue weighted by Crippen LogP contribution is -2.49. The standard InChI is InChI=1S/C20H26N2O3/c1-20(21,16-9-5-4-6-10-16)19(23)22-13-7-8-15-11-12-17(24-2)18(14-15)25-3/h4-6,9-12,14H,7-8,13,21H2,1-3H3,(H,22,23). The zero-order valence-electron chi connectivity index (χ0n) is 15.0. The van der Waals surface area contributed by atoms with E-state index in [0.29, 0.717) is 18.0 Å². The molecule has 0 saturated carbocycles. The molecule has 0 heterocycles. The average molecular weight is 342 g/mol. The number of benzene rings is 2. The van der Waals surface area contributed by atoms with Crippen molar-refractivity contribution in [3.05, 3.63) is 59.7 Å². The van der Waals surface area contributed by atoms with Gasteiger partial charge in [-0.1, -0.05) is 36.4 Å². The Labute approximate surface area is 149 Å². The summed E-state index contributed by atoms with van der Waals surface area (Å²) in [5.74, 6) is 1.25. The summed E-state index contributed by atoms with van der Waals surface area (Å²) >= 11 is 0. The lowest BCUT2D eigenvalue weighted by atomic mass is 9.92. The lowest BCUT2D eigenvalue weighted by molar-refractivity contribution is -0.126. The molecule has 2 aromatic rings. The fraction of sp³-hybridized carbons (Fsp3) is 0.350. The van der Waals surface area contributed by atoms with Gasteiger partial charge in [-0.2, -0.15) is 0 Å². The molecule has 0 spiro atoms. The molecule has 0 aromatic heterocycles. The molecule has 2 aromatic carbocycles. The van der Waals surface area contributed by atoms with Crippen molar-refractivity contribution in [3.63, 3.8) is 0 Å². The second-order valence-corrected chi connectivity index (χ2v) is 6.12. The van der Waals surface area contributed by atoms with E-state index in [1.165, 1.54) is 0 Å². The van der Waals surface area contributed by atoms with Crippen LogP contribution in [0.5, 0.6) is 11.5 Å². The molecule has 3 N–H and O–H groups in total. The van der Waals surface area contributed by atoms with Gasteiger partial charge < -0.3 is 20.5 Å². The van der Waals surface area contributed by atoms with Gasteiger partial charge in [-0.3, -0.25) is 4.79 Å². The van der Waals surface area contributed by atoms with Crippen molar-refractivity contribution < 1.29 is 14.3 Å². The first-order valence-corrected chi connectivity index (χ1v) is 8.32. The molecule has 134 valence electrons. The van der Waals surface area contributed by atoms with E-state index in [1.54, 1.807) is 21.1 Å². The molecule has 5 nitrogen and oxygen atoms in total. The van der Waals surface area contributed by atoms with Crippen LogP contribution in [0.25, 0.3) is 0 Å². The maximum atomic E-state index is 12.4. The van der Waals surface area contributed by atoms with E-state index >= 15 is 0 Å². The molecular formula is C20H26N2O3. The van der Waals surface area contributed by atoms with Crippen LogP contribution in [0.15, 0.2) is 48.5 Å². The van der Waals surface area contributed by atoms with Crippen molar-refractivity contribution in [3.8, 4) is 11.5 Å². The van der Waals surface area contributed by atoms with E-state index in [1.807, 2.05) is 48.5 Å². The topological polar surface area (TPSA) is 73.6 Å². The predicted molar refractivity (Wildman–Crippen MR) is 98.9 cm³/mol. The Morgan fingerprint density at radius 2 is 1.76 bits per heavy atom. The SMILES string of the molecule is COc1ccc(CCCNC(=O)C(C)(N)c2ccccc2)cc1OC. The summed E-state index contributed by atoms with van der Waals surface area (Å²) in [7, 11) is 3.23. The van der Waals surface area contributed by atoms with Gasteiger partial charge in [-0.05, 0) is 43.0 Å². The van der Waals surface area contributed by atoms with Gasteiger partial charge >= 0.3 is 0 Å². The van der Waals surface area contributed by atoms with Crippen LogP contribution in [-0.2, 0) is 16.8 Å². The van der Waals surface area contributed by atoms with Gasteiger partial charge in [0.25, 0.3) is 0 Å². The zero-order valence-corrected chi connectivity index (χ0v) is 15.0. The summed E-state index contributed by atoms with van der Waals surface area (Å²) in [5, 5.41) is 2.92. The van der Waals surface area contributed by atoms with Gasteiger partial charge in [0.1, 0.15) is 5.54 Å². The van der Waals surface area contributed by atoms with Gasteiger partial charge in [0.05, 0.1) is 14.2 Å². The van der Waals surface area contributed by atoms with Gasteiger partial charge in [0.15, 0.2) is 11.5 Å².